The molecule has 0 saturated carbocycles. The van der Waals surface area contributed by atoms with Gasteiger partial charge in [-0.05, 0) is 30.5 Å². The molecule has 2 N–H and O–H groups in total. The molecule has 23 heavy (non-hydrogen) atoms. The van der Waals surface area contributed by atoms with Crippen LogP contribution in [0, 0.1) is 17.6 Å². The van der Waals surface area contributed by atoms with Gasteiger partial charge in [-0.15, -0.1) is 0 Å². The molecule has 1 amide bonds. The van der Waals surface area contributed by atoms with Gasteiger partial charge < -0.3 is 10.6 Å². The van der Waals surface area contributed by atoms with Crippen molar-refractivity contribution < 1.29 is 13.6 Å². The first-order valence-electron chi connectivity index (χ1n) is 7.29. The second-order valence-electron chi connectivity index (χ2n) is 5.43. The van der Waals surface area contributed by atoms with Crippen LogP contribution in [0.25, 0.3) is 0 Å². The number of halogens is 2. The van der Waals surface area contributed by atoms with Gasteiger partial charge in [0.25, 0.3) is 5.91 Å². The molecule has 2 aromatic rings. The molecule has 1 heterocycles. The number of anilines is 2. The zero-order valence-corrected chi connectivity index (χ0v) is 12.9. The Balaban J connectivity index is 2.09. The third kappa shape index (κ3) is 4.70. The van der Waals surface area contributed by atoms with Crippen molar-refractivity contribution >= 4 is 17.5 Å². The Morgan fingerprint density at radius 3 is 2.57 bits per heavy atom. The third-order valence-corrected chi connectivity index (χ3v) is 3.10. The number of carbonyl (C=O) groups excluding carboxylic acids is 1. The number of benzene rings is 1. The third-order valence-electron chi connectivity index (χ3n) is 3.10. The van der Waals surface area contributed by atoms with Crippen LogP contribution in [-0.4, -0.2) is 22.4 Å². The number of hydrogen-bond acceptors (Lipinski definition) is 4. The van der Waals surface area contributed by atoms with Gasteiger partial charge in [-0.25, -0.2) is 18.7 Å². The van der Waals surface area contributed by atoms with Crippen LogP contribution < -0.4 is 10.6 Å². The molecule has 2 rings (SSSR count). The molecule has 0 aliphatic heterocycles. The topological polar surface area (TPSA) is 66.9 Å². The standard InChI is InChI=1S/C16H18F2N4O/c1-10(2)6-8-19-15(23)13-7-9-20-16(21-13)22-14-11(17)4-3-5-12(14)18/h3-5,7,9-10H,6,8H2,1-2H3,(H,19,23)(H,20,21,22). The van der Waals surface area contributed by atoms with E-state index in [2.05, 4.69) is 34.4 Å². The molecule has 0 unspecified atom stereocenters. The van der Waals surface area contributed by atoms with Crippen molar-refractivity contribution in [2.75, 3.05) is 11.9 Å². The summed E-state index contributed by atoms with van der Waals surface area (Å²) in [4.78, 5) is 19.8. The lowest BCUT2D eigenvalue weighted by Crippen LogP contribution is -2.26. The molecule has 0 saturated heterocycles. The fraction of sp³-hybridized carbons (Fsp3) is 0.312. The van der Waals surface area contributed by atoms with Crippen molar-refractivity contribution in [3.05, 3.63) is 47.8 Å². The van der Waals surface area contributed by atoms with Gasteiger partial charge in [0.15, 0.2) is 0 Å². The first-order chi connectivity index (χ1) is 11.0. The predicted molar refractivity (Wildman–Crippen MR) is 83.5 cm³/mol. The van der Waals surface area contributed by atoms with Crippen molar-refractivity contribution in [3.8, 4) is 0 Å². The summed E-state index contributed by atoms with van der Waals surface area (Å²) in [5.74, 6) is -1.46. The molecule has 0 aliphatic carbocycles. The Bertz CT molecular complexity index is 671. The maximum atomic E-state index is 13.6. The van der Waals surface area contributed by atoms with Crippen molar-refractivity contribution in [1.82, 2.24) is 15.3 Å². The van der Waals surface area contributed by atoms with Crippen molar-refractivity contribution in [1.29, 1.82) is 0 Å². The lowest BCUT2D eigenvalue weighted by atomic mass is 10.1. The Morgan fingerprint density at radius 1 is 1.22 bits per heavy atom. The summed E-state index contributed by atoms with van der Waals surface area (Å²) < 4.78 is 27.2. The van der Waals surface area contributed by atoms with E-state index in [-0.39, 0.29) is 23.2 Å². The number of nitrogens with zero attached hydrogens (tertiary/aromatic N) is 2. The van der Waals surface area contributed by atoms with E-state index in [0.717, 1.165) is 18.6 Å². The van der Waals surface area contributed by atoms with E-state index >= 15 is 0 Å². The minimum absolute atomic E-state index is 0.0505. The van der Waals surface area contributed by atoms with Crippen LogP contribution in [0.2, 0.25) is 0 Å². The molecule has 0 atom stereocenters. The number of aromatic nitrogens is 2. The summed E-state index contributed by atoms with van der Waals surface area (Å²) in [5.41, 5.74) is -0.229. The van der Waals surface area contributed by atoms with Gasteiger partial charge in [-0.1, -0.05) is 19.9 Å². The van der Waals surface area contributed by atoms with Crippen LogP contribution in [0.1, 0.15) is 30.8 Å². The van der Waals surface area contributed by atoms with Gasteiger partial charge in [0, 0.05) is 12.7 Å². The van der Waals surface area contributed by atoms with Gasteiger partial charge in [0.2, 0.25) is 5.95 Å². The highest BCUT2D eigenvalue weighted by Crippen LogP contribution is 2.21. The molecule has 1 aromatic heterocycles. The highest BCUT2D eigenvalue weighted by Gasteiger charge is 2.12. The van der Waals surface area contributed by atoms with Gasteiger partial charge in [0.1, 0.15) is 23.0 Å². The smallest absolute Gasteiger partial charge is 0.270 e. The summed E-state index contributed by atoms with van der Waals surface area (Å²) in [6.07, 6.45) is 2.20. The number of amides is 1. The van der Waals surface area contributed by atoms with Crippen LogP contribution >= 0.6 is 0 Å². The molecule has 0 aliphatic rings. The number of nitrogens with one attached hydrogen (secondary N) is 2. The van der Waals surface area contributed by atoms with Crippen LogP contribution in [0.3, 0.4) is 0 Å². The van der Waals surface area contributed by atoms with Crippen molar-refractivity contribution in [3.63, 3.8) is 0 Å². The van der Waals surface area contributed by atoms with E-state index in [4.69, 9.17) is 0 Å². The summed E-state index contributed by atoms with van der Waals surface area (Å²) in [7, 11) is 0. The Morgan fingerprint density at radius 2 is 1.91 bits per heavy atom. The lowest BCUT2D eigenvalue weighted by molar-refractivity contribution is 0.0947. The molecule has 0 fully saturated rings. The first kappa shape index (κ1) is 16.8. The Hall–Kier alpha value is -2.57. The quantitative estimate of drug-likeness (QED) is 0.857. The molecule has 0 spiro atoms. The van der Waals surface area contributed by atoms with E-state index in [1.807, 2.05) is 0 Å². The average molecular weight is 320 g/mol. The monoisotopic (exact) mass is 320 g/mol. The SMILES string of the molecule is CC(C)CCNC(=O)c1ccnc(Nc2c(F)cccc2F)n1. The van der Waals surface area contributed by atoms with Crippen LogP contribution in [-0.2, 0) is 0 Å². The minimum Gasteiger partial charge on any atom is -0.351 e. The highest BCUT2D eigenvalue weighted by molar-refractivity contribution is 5.92. The molecular formula is C16H18F2N4O. The normalized spacial score (nSPS) is 10.7. The summed E-state index contributed by atoms with van der Waals surface area (Å²) in [5, 5.41) is 5.20. The first-order valence-corrected chi connectivity index (χ1v) is 7.29. The maximum absolute atomic E-state index is 13.6. The van der Waals surface area contributed by atoms with Crippen LogP contribution in [0.15, 0.2) is 30.5 Å². The number of para-hydroxylation sites is 1. The minimum atomic E-state index is -0.764. The molecule has 7 heteroatoms. The van der Waals surface area contributed by atoms with E-state index in [1.54, 1.807) is 0 Å². The van der Waals surface area contributed by atoms with Gasteiger partial charge in [-0.2, -0.15) is 0 Å². The molecule has 0 bridgehead atoms. The Labute approximate surface area is 133 Å². The van der Waals surface area contributed by atoms with Gasteiger partial charge in [0.05, 0.1) is 0 Å². The Kier molecular flexibility index (Phi) is 5.56. The van der Waals surface area contributed by atoms with E-state index in [9.17, 15) is 13.6 Å². The van der Waals surface area contributed by atoms with Crippen molar-refractivity contribution in [2.45, 2.75) is 20.3 Å². The molecular weight excluding hydrogens is 302 g/mol. The zero-order chi connectivity index (χ0) is 16.8. The second kappa shape index (κ2) is 7.62. The molecule has 122 valence electrons. The zero-order valence-electron chi connectivity index (χ0n) is 12.9. The lowest BCUT2D eigenvalue weighted by Gasteiger charge is -2.09. The number of rotatable bonds is 6. The highest BCUT2D eigenvalue weighted by atomic mass is 19.1. The fourth-order valence-electron chi connectivity index (χ4n) is 1.84. The molecule has 0 radical (unpaired) electrons. The summed E-state index contributed by atoms with van der Waals surface area (Å²) in [6.45, 7) is 4.65. The average Bonchev–Trinajstić information content (AvgIpc) is 2.51. The number of hydrogen-bond donors (Lipinski definition) is 2. The van der Waals surface area contributed by atoms with Crippen LogP contribution in [0.4, 0.5) is 20.4 Å². The summed E-state index contributed by atoms with van der Waals surface area (Å²) in [6, 6.07) is 4.94. The summed E-state index contributed by atoms with van der Waals surface area (Å²) >= 11 is 0. The van der Waals surface area contributed by atoms with Gasteiger partial charge >= 0.3 is 0 Å². The predicted octanol–water partition coefficient (Wildman–Crippen LogP) is 3.27. The fourth-order valence-corrected chi connectivity index (χ4v) is 1.84. The van der Waals surface area contributed by atoms with E-state index in [1.165, 1.54) is 18.3 Å². The maximum Gasteiger partial charge on any atom is 0.270 e. The van der Waals surface area contributed by atoms with Crippen molar-refractivity contribution in [2.24, 2.45) is 5.92 Å². The van der Waals surface area contributed by atoms with Gasteiger partial charge in [-0.3, -0.25) is 4.79 Å². The van der Waals surface area contributed by atoms with Crippen LogP contribution in [0.5, 0.6) is 0 Å². The van der Waals surface area contributed by atoms with E-state index in [0.29, 0.717) is 12.5 Å². The molecule has 1 aromatic carbocycles. The molecule has 5 nitrogen and oxygen atoms in total. The van der Waals surface area contributed by atoms with E-state index < -0.39 is 11.6 Å². The largest absolute Gasteiger partial charge is 0.351 e. The second-order valence-corrected chi connectivity index (χ2v) is 5.43. The number of carbonyl (C=O) groups is 1.